The molecule has 1 rings (SSSR count). The number of pyridine rings is 1. The Labute approximate surface area is 119 Å². The first-order valence-corrected chi connectivity index (χ1v) is 6.27. The molecule has 7 heteroatoms. The second-order valence-electron chi connectivity index (χ2n) is 4.19. The molecule has 1 aromatic heterocycles. The lowest BCUT2D eigenvalue weighted by Crippen LogP contribution is -2.26. The van der Waals surface area contributed by atoms with Crippen molar-refractivity contribution in [3.63, 3.8) is 0 Å². The lowest BCUT2D eigenvalue weighted by atomic mass is 10.1. The summed E-state index contributed by atoms with van der Waals surface area (Å²) in [5.41, 5.74) is -0.719. The highest BCUT2D eigenvalue weighted by Crippen LogP contribution is 2.30. The number of aromatic nitrogens is 1. The van der Waals surface area contributed by atoms with Gasteiger partial charge in [-0.15, -0.1) is 6.58 Å². The summed E-state index contributed by atoms with van der Waals surface area (Å²) in [4.78, 5) is 14.8. The van der Waals surface area contributed by atoms with Gasteiger partial charge < -0.3 is 5.32 Å². The van der Waals surface area contributed by atoms with E-state index in [4.69, 9.17) is 11.6 Å². The van der Waals surface area contributed by atoms with E-state index in [0.717, 1.165) is 6.07 Å². The van der Waals surface area contributed by atoms with Crippen LogP contribution in [0.15, 0.2) is 24.8 Å². The van der Waals surface area contributed by atoms with E-state index in [0.29, 0.717) is 12.0 Å². The summed E-state index contributed by atoms with van der Waals surface area (Å²) in [5.74, 6) is -0.228. The van der Waals surface area contributed by atoms with E-state index in [1.165, 1.54) is 6.07 Å². The van der Waals surface area contributed by atoms with Crippen molar-refractivity contribution in [2.45, 2.75) is 32.0 Å². The zero-order valence-corrected chi connectivity index (χ0v) is 11.6. The van der Waals surface area contributed by atoms with Crippen molar-refractivity contribution >= 4 is 17.5 Å². The summed E-state index contributed by atoms with van der Waals surface area (Å²) in [6.45, 7) is 5.13. The summed E-state index contributed by atoms with van der Waals surface area (Å²) in [6.07, 6.45) is -2.15. The van der Waals surface area contributed by atoms with Crippen molar-refractivity contribution in [3.8, 4) is 0 Å². The molecule has 0 radical (unpaired) electrons. The predicted molar refractivity (Wildman–Crippen MR) is 70.2 cm³/mol. The number of allylic oxidation sites excluding steroid dienone is 1. The number of nitrogens with one attached hydrogen (secondary N) is 1. The van der Waals surface area contributed by atoms with Gasteiger partial charge in [0.25, 0.3) is 0 Å². The second-order valence-corrected chi connectivity index (χ2v) is 4.55. The summed E-state index contributed by atoms with van der Waals surface area (Å²) in [5, 5.41) is 2.37. The molecule has 1 unspecified atom stereocenters. The van der Waals surface area contributed by atoms with Crippen molar-refractivity contribution in [1.82, 2.24) is 10.3 Å². The Hall–Kier alpha value is -1.56. The highest BCUT2D eigenvalue weighted by molar-refractivity contribution is 6.30. The smallest absolute Gasteiger partial charge is 0.349 e. The van der Waals surface area contributed by atoms with E-state index in [9.17, 15) is 18.0 Å². The third-order valence-corrected chi connectivity index (χ3v) is 2.89. The van der Waals surface area contributed by atoms with Gasteiger partial charge in [0.15, 0.2) is 0 Å². The fourth-order valence-electron chi connectivity index (χ4n) is 1.55. The molecule has 0 aliphatic heterocycles. The van der Waals surface area contributed by atoms with Crippen molar-refractivity contribution < 1.29 is 18.0 Å². The van der Waals surface area contributed by atoms with Gasteiger partial charge in [-0.3, -0.25) is 4.79 Å². The molecular formula is C13H14ClF3N2O. The van der Waals surface area contributed by atoms with E-state index < -0.39 is 17.9 Å². The van der Waals surface area contributed by atoms with E-state index in [1.54, 1.807) is 13.0 Å². The standard InChI is InChI=1S/C13H14ClF3N2O/c1-3-4-5-11(20)18-8(2)9-6-7-10(13(15,16)17)19-12(9)14/h3,6-8H,1,4-5H2,2H3,(H,18,20). The van der Waals surface area contributed by atoms with E-state index in [1.807, 2.05) is 0 Å². The molecule has 0 aromatic carbocycles. The van der Waals surface area contributed by atoms with E-state index in [-0.39, 0.29) is 17.5 Å². The maximum atomic E-state index is 12.4. The molecule has 1 atom stereocenters. The van der Waals surface area contributed by atoms with Crippen LogP contribution in [0.3, 0.4) is 0 Å². The Bertz CT molecular complexity index is 503. The first kappa shape index (κ1) is 16.5. The molecule has 1 heterocycles. The van der Waals surface area contributed by atoms with Crippen LogP contribution in [0.5, 0.6) is 0 Å². The van der Waals surface area contributed by atoms with Crippen LogP contribution in [-0.2, 0) is 11.0 Å². The minimum absolute atomic E-state index is 0.228. The molecule has 20 heavy (non-hydrogen) atoms. The molecule has 0 aliphatic carbocycles. The van der Waals surface area contributed by atoms with Gasteiger partial charge in [0.1, 0.15) is 10.8 Å². The van der Waals surface area contributed by atoms with Gasteiger partial charge in [0.05, 0.1) is 6.04 Å². The minimum Gasteiger partial charge on any atom is -0.349 e. The Morgan fingerprint density at radius 2 is 2.20 bits per heavy atom. The summed E-state index contributed by atoms with van der Waals surface area (Å²) >= 11 is 5.74. The number of alkyl halides is 3. The number of halogens is 4. The average Bonchev–Trinajstić information content (AvgIpc) is 2.34. The largest absolute Gasteiger partial charge is 0.433 e. The first-order valence-electron chi connectivity index (χ1n) is 5.89. The summed E-state index contributed by atoms with van der Waals surface area (Å²) in [7, 11) is 0. The van der Waals surface area contributed by atoms with Gasteiger partial charge in [-0.2, -0.15) is 13.2 Å². The molecule has 0 fully saturated rings. The Morgan fingerprint density at radius 3 is 2.70 bits per heavy atom. The first-order chi connectivity index (χ1) is 9.25. The van der Waals surface area contributed by atoms with E-state index >= 15 is 0 Å². The molecule has 0 aliphatic rings. The molecule has 1 aromatic rings. The molecule has 1 amide bonds. The average molecular weight is 307 g/mol. The number of hydrogen-bond acceptors (Lipinski definition) is 2. The number of rotatable bonds is 5. The van der Waals surface area contributed by atoms with Crippen LogP contribution in [0.25, 0.3) is 0 Å². The fraction of sp³-hybridized carbons (Fsp3) is 0.385. The lowest BCUT2D eigenvalue weighted by Gasteiger charge is -2.16. The highest BCUT2D eigenvalue weighted by atomic mass is 35.5. The van der Waals surface area contributed by atoms with Crippen LogP contribution in [0.1, 0.15) is 37.1 Å². The number of hydrogen-bond donors (Lipinski definition) is 1. The number of carbonyl (C=O) groups is 1. The zero-order chi connectivity index (χ0) is 15.3. The summed E-state index contributed by atoms with van der Waals surface area (Å²) < 4.78 is 37.3. The van der Waals surface area contributed by atoms with Crippen LogP contribution in [0, 0.1) is 0 Å². The molecule has 3 nitrogen and oxygen atoms in total. The Balaban J connectivity index is 2.81. The molecule has 0 saturated heterocycles. The van der Waals surface area contributed by atoms with Gasteiger partial charge in [-0.1, -0.05) is 23.7 Å². The maximum Gasteiger partial charge on any atom is 0.433 e. The van der Waals surface area contributed by atoms with Gasteiger partial charge >= 0.3 is 6.18 Å². The van der Waals surface area contributed by atoms with Gasteiger partial charge in [0.2, 0.25) is 5.91 Å². The van der Waals surface area contributed by atoms with Crippen molar-refractivity contribution in [2.75, 3.05) is 0 Å². The molecule has 0 spiro atoms. The van der Waals surface area contributed by atoms with Gasteiger partial charge in [-0.25, -0.2) is 4.98 Å². The van der Waals surface area contributed by atoms with Gasteiger partial charge in [-0.05, 0) is 19.4 Å². The number of amides is 1. The third-order valence-electron chi connectivity index (χ3n) is 2.59. The molecule has 0 bridgehead atoms. The minimum atomic E-state index is -4.54. The van der Waals surface area contributed by atoms with Crippen LogP contribution in [0.4, 0.5) is 13.2 Å². The maximum absolute atomic E-state index is 12.4. The normalized spacial score (nSPS) is 12.8. The van der Waals surface area contributed by atoms with Crippen molar-refractivity contribution in [1.29, 1.82) is 0 Å². The number of nitrogens with zero attached hydrogens (tertiary/aromatic N) is 1. The zero-order valence-electron chi connectivity index (χ0n) is 10.8. The van der Waals surface area contributed by atoms with Crippen molar-refractivity contribution in [3.05, 3.63) is 41.2 Å². The van der Waals surface area contributed by atoms with Crippen LogP contribution >= 0.6 is 11.6 Å². The fourth-order valence-corrected chi connectivity index (χ4v) is 1.87. The molecule has 110 valence electrons. The molecular weight excluding hydrogens is 293 g/mol. The predicted octanol–water partition coefficient (Wildman–Crippen LogP) is 3.90. The van der Waals surface area contributed by atoms with Crippen LogP contribution < -0.4 is 5.32 Å². The topological polar surface area (TPSA) is 42.0 Å². The van der Waals surface area contributed by atoms with Crippen molar-refractivity contribution in [2.24, 2.45) is 0 Å². The number of carbonyl (C=O) groups excluding carboxylic acids is 1. The Kier molecular flexibility index (Phi) is 5.56. The van der Waals surface area contributed by atoms with E-state index in [2.05, 4.69) is 16.9 Å². The van der Waals surface area contributed by atoms with Gasteiger partial charge in [0, 0.05) is 12.0 Å². The quantitative estimate of drug-likeness (QED) is 0.662. The SMILES string of the molecule is C=CCCC(=O)NC(C)c1ccc(C(F)(F)F)nc1Cl. The van der Waals surface area contributed by atoms with Crippen LogP contribution in [-0.4, -0.2) is 10.9 Å². The second kappa shape index (κ2) is 6.74. The third kappa shape index (κ3) is 4.52. The lowest BCUT2D eigenvalue weighted by molar-refractivity contribution is -0.141. The summed E-state index contributed by atoms with van der Waals surface area (Å²) in [6, 6.07) is 1.54. The molecule has 1 N–H and O–H groups in total. The monoisotopic (exact) mass is 306 g/mol. The Morgan fingerprint density at radius 1 is 1.55 bits per heavy atom. The molecule has 0 saturated carbocycles. The van der Waals surface area contributed by atoms with Crippen LogP contribution in [0.2, 0.25) is 5.15 Å². The highest BCUT2D eigenvalue weighted by Gasteiger charge is 2.33.